The summed E-state index contributed by atoms with van der Waals surface area (Å²) in [6.45, 7) is 1.69. The van der Waals surface area contributed by atoms with Gasteiger partial charge in [0.15, 0.2) is 0 Å². The Kier molecular flexibility index (Phi) is 5.42. The minimum atomic E-state index is 0.633. The highest BCUT2D eigenvalue weighted by Crippen LogP contribution is 2.21. The van der Waals surface area contributed by atoms with Crippen LogP contribution in [0.2, 0.25) is 0 Å². The van der Waals surface area contributed by atoms with E-state index in [-0.39, 0.29) is 0 Å². The highest BCUT2D eigenvalue weighted by Gasteiger charge is 2.16. The Bertz CT molecular complexity index is 192. The average molecular weight is 196 g/mol. The molecule has 1 aliphatic rings. The quantitative estimate of drug-likeness (QED) is 0.288. The highest BCUT2D eigenvalue weighted by atomic mass is 15.1. The molecule has 4 heteroatoms. The average Bonchev–Trinajstić information content (AvgIpc) is 2.25. The standard InChI is InChI=1S/C10H20N4/c1-14(9-5-8-12-13-11)10-6-3-2-4-7-10/h10H,2-9H2,1H3. The first-order valence-electron chi connectivity index (χ1n) is 5.55. The van der Waals surface area contributed by atoms with E-state index in [9.17, 15) is 0 Å². The van der Waals surface area contributed by atoms with E-state index >= 15 is 0 Å². The van der Waals surface area contributed by atoms with E-state index in [1.165, 1.54) is 32.1 Å². The molecule has 0 N–H and O–H groups in total. The molecule has 80 valence electrons. The maximum absolute atomic E-state index is 8.12. The third-order valence-corrected chi connectivity index (χ3v) is 3.03. The van der Waals surface area contributed by atoms with Gasteiger partial charge in [0.25, 0.3) is 0 Å². The van der Waals surface area contributed by atoms with Crippen LogP contribution in [0.3, 0.4) is 0 Å². The Morgan fingerprint density at radius 3 is 2.71 bits per heavy atom. The molecule has 0 amide bonds. The summed E-state index contributed by atoms with van der Waals surface area (Å²) in [5.41, 5.74) is 8.12. The van der Waals surface area contributed by atoms with Gasteiger partial charge >= 0.3 is 0 Å². The summed E-state index contributed by atoms with van der Waals surface area (Å²) in [6.07, 6.45) is 7.84. The summed E-state index contributed by atoms with van der Waals surface area (Å²) in [5, 5.41) is 3.54. The summed E-state index contributed by atoms with van der Waals surface area (Å²) in [7, 11) is 2.19. The first kappa shape index (κ1) is 11.3. The fourth-order valence-corrected chi connectivity index (χ4v) is 2.14. The zero-order chi connectivity index (χ0) is 10.2. The lowest BCUT2D eigenvalue weighted by molar-refractivity contribution is 0.191. The number of hydrogen-bond donors (Lipinski definition) is 0. The maximum atomic E-state index is 8.12. The zero-order valence-corrected chi connectivity index (χ0v) is 9.02. The van der Waals surface area contributed by atoms with Gasteiger partial charge in [-0.1, -0.05) is 24.4 Å². The van der Waals surface area contributed by atoms with Crippen LogP contribution in [0, 0.1) is 0 Å². The van der Waals surface area contributed by atoms with Gasteiger partial charge in [-0.05, 0) is 38.4 Å². The van der Waals surface area contributed by atoms with Crippen molar-refractivity contribution in [1.29, 1.82) is 0 Å². The Morgan fingerprint density at radius 1 is 1.36 bits per heavy atom. The molecule has 4 nitrogen and oxygen atoms in total. The second-order valence-corrected chi connectivity index (χ2v) is 4.08. The van der Waals surface area contributed by atoms with Gasteiger partial charge in [0, 0.05) is 17.5 Å². The van der Waals surface area contributed by atoms with Crippen molar-refractivity contribution in [1.82, 2.24) is 4.90 Å². The van der Waals surface area contributed by atoms with E-state index in [1.807, 2.05) is 0 Å². The number of rotatable bonds is 5. The summed E-state index contributed by atoms with van der Waals surface area (Å²) in [4.78, 5) is 5.17. The molecule has 0 bridgehead atoms. The summed E-state index contributed by atoms with van der Waals surface area (Å²) in [6, 6.07) is 0.773. The molecule has 14 heavy (non-hydrogen) atoms. The predicted octanol–water partition coefficient (Wildman–Crippen LogP) is 2.95. The highest BCUT2D eigenvalue weighted by molar-refractivity contribution is 4.73. The van der Waals surface area contributed by atoms with Gasteiger partial charge in [0.1, 0.15) is 0 Å². The van der Waals surface area contributed by atoms with E-state index in [0.29, 0.717) is 6.54 Å². The predicted molar refractivity (Wildman–Crippen MR) is 58.1 cm³/mol. The first-order chi connectivity index (χ1) is 6.84. The topological polar surface area (TPSA) is 52.0 Å². The molecule has 1 fully saturated rings. The first-order valence-corrected chi connectivity index (χ1v) is 5.55. The molecule has 0 spiro atoms. The van der Waals surface area contributed by atoms with E-state index < -0.39 is 0 Å². The van der Waals surface area contributed by atoms with Crippen molar-refractivity contribution in [2.45, 2.75) is 44.6 Å². The summed E-state index contributed by atoms with van der Waals surface area (Å²) < 4.78 is 0. The third kappa shape index (κ3) is 3.99. The second kappa shape index (κ2) is 6.68. The maximum Gasteiger partial charge on any atom is 0.0270 e. The molecule has 0 aliphatic heterocycles. The van der Waals surface area contributed by atoms with Crippen LogP contribution in [-0.4, -0.2) is 31.1 Å². The second-order valence-electron chi connectivity index (χ2n) is 4.08. The summed E-state index contributed by atoms with van der Waals surface area (Å²) >= 11 is 0. The minimum Gasteiger partial charge on any atom is -0.303 e. The lowest BCUT2D eigenvalue weighted by atomic mass is 9.94. The van der Waals surface area contributed by atoms with Crippen molar-refractivity contribution < 1.29 is 0 Å². The molecule has 0 aromatic heterocycles. The van der Waals surface area contributed by atoms with Crippen LogP contribution in [0.4, 0.5) is 0 Å². The minimum absolute atomic E-state index is 0.633. The fraction of sp³-hybridized carbons (Fsp3) is 1.00. The van der Waals surface area contributed by atoms with Crippen LogP contribution in [0.15, 0.2) is 5.11 Å². The fourth-order valence-electron chi connectivity index (χ4n) is 2.14. The lowest BCUT2D eigenvalue weighted by Crippen LogP contribution is -2.34. The number of azide groups is 1. The largest absolute Gasteiger partial charge is 0.303 e. The molecule has 1 rings (SSSR count). The Labute approximate surface area is 85.9 Å². The van der Waals surface area contributed by atoms with E-state index in [1.54, 1.807) is 0 Å². The smallest absolute Gasteiger partial charge is 0.0270 e. The molecule has 0 unspecified atom stereocenters. The van der Waals surface area contributed by atoms with Crippen molar-refractivity contribution >= 4 is 0 Å². The van der Waals surface area contributed by atoms with Gasteiger partial charge in [-0.25, -0.2) is 0 Å². The SMILES string of the molecule is CN(CCCN=[N+]=[N-])C1CCCCC1. The van der Waals surface area contributed by atoms with Crippen LogP contribution in [0.1, 0.15) is 38.5 Å². The van der Waals surface area contributed by atoms with Gasteiger partial charge in [0.2, 0.25) is 0 Å². The molecule has 1 saturated carbocycles. The molecule has 0 aromatic rings. The van der Waals surface area contributed by atoms with Gasteiger partial charge in [-0.2, -0.15) is 0 Å². The Hall–Kier alpha value is -0.730. The molecule has 0 aromatic carbocycles. The van der Waals surface area contributed by atoms with Crippen LogP contribution in [0.5, 0.6) is 0 Å². The van der Waals surface area contributed by atoms with Crippen molar-refractivity contribution in [2.24, 2.45) is 5.11 Å². The molecule has 0 heterocycles. The van der Waals surface area contributed by atoms with E-state index in [4.69, 9.17) is 5.53 Å². The molecule has 1 aliphatic carbocycles. The van der Waals surface area contributed by atoms with Crippen molar-refractivity contribution in [2.75, 3.05) is 20.1 Å². The van der Waals surface area contributed by atoms with Crippen LogP contribution < -0.4 is 0 Å². The van der Waals surface area contributed by atoms with Crippen molar-refractivity contribution in [3.8, 4) is 0 Å². The Balaban J connectivity index is 2.12. The lowest BCUT2D eigenvalue weighted by Gasteiger charge is -2.30. The molecular formula is C10H20N4. The van der Waals surface area contributed by atoms with Gasteiger partial charge < -0.3 is 4.90 Å². The third-order valence-electron chi connectivity index (χ3n) is 3.03. The monoisotopic (exact) mass is 196 g/mol. The van der Waals surface area contributed by atoms with Crippen LogP contribution >= 0.6 is 0 Å². The van der Waals surface area contributed by atoms with Crippen molar-refractivity contribution in [3.05, 3.63) is 10.4 Å². The zero-order valence-electron chi connectivity index (χ0n) is 9.02. The molecule has 0 radical (unpaired) electrons. The number of nitrogens with zero attached hydrogens (tertiary/aromatic N) is 4. The van der Waals surface area contributed by atoms with E-state index in [2.05, 4.69) is 22.0 Å². The van der Waals surface area contributed by atoms with Gasteiger partial charge in [-0.15, -0.1) is 0 Å². The van der Waals surface area contributed by atoms with Crippen LogP contribution in [0.25, 0.3) is 10.4 Å². The van der Waals surface area contributed by atoms with E-state index in [0.717, 1.165) is 19.0 Å². The number of hydrogen-bond acceptors (Lipinski definition) is 2. The van der Waals surface area contributed by atoms with Crippen LogP contribution in [-0.2, 0) is 0 Å². The van der Waals surface area contributed by atoms with Gasteiger partial charge in [-0.3, -0.25) is 0 Å². The molecule has 0 atom stereocenters. The Morgan fingerprint density at radius 2 is 2.07 bits per heavy atom. The molecular weight excluding hydrogens is 176 g/mol. The summed E-state index contributed by atoms with van der Waals surface area (Å²) in [5.74, 6) is 0. The molecule has 0 saturated heterocycles. The normalized spacial score (nSPS) is 18.1. The van der Waals surface area contributed by atoms with Gasteiger partial charge in [0.05, 0.1) is 0 Å². The van der Waals surface area contributed by atoms with Crippen molar-refractivity contribution in [3.63, 3.8) is 0 Å².